The molecule has 0 aliphatic heterocycles. The molecule has 7 heteroatoms. The number of Topliss-reactive ketones (excluding diaryl/α,β-unsaturated/α-hetero) is 2. The van der Waals surface area contributed by atoms with Crippen LogP contribution in [0.25, 0.3) is 0 Å². The molecular formula is C22H20F4O2Ti. The van der Waals surface area contributed by atoms with Crippen LogP contribution in [-0.2, 0) is 21.7 Å². The molecule has 0 radical (unpaired) electrons. The van der Waals surface area contributed by atoms with E-state index in [0.717, 1.165) is 24.3 Å². The Labute approximate surface area is 184 Å². The van der Waals surface area contributed by atoms with Crippen molar-refractivity contribution in [2.24, 2.45) is 0 Å². The molecule has 0 amide bonds. The Morgan fingerprint density at radius 3 is 1.21 bits per heavy atom. The normalized spacial score (nSPS) is 8.76. The molecule has 2 rings (SSSR count). The van der Waals surface area contributed by atoms with Gasteiger partial charge in [-0.2, -0.15) is 12.1 Å². The standard InChI is InChI=1S/2C10H7F2O.2CH3.Ti/c2*1-6(2)10(13)8-4-3-7(11)5-9(8)12;;;/h2*3-4H,1H2,2H3;2*1H3;/q4*-1;+4. The summed E-state index contributed by atoms with van der Waals surface area (Å²) >= 11 is 0. The van der Waals surface area contributed by atoms with Gasteiger partial charge in [0, 0.05) is 23.3 Å². The molecule has 2 nitrogen and oxygen atoms in total. The van der Waals surface area contributed by atoms with Crippen molar-refractivity contribution in [3.05, 3.63) is 110 Å². The van der Waals surface area contributed by atoms with Crippen LogP contribution in [-0.4, -0.2) is 11.6 Å². The van der Waals surface area contributed by atoms with Crippen LogP contribution < -0.4 is 0 Å². The third kappa shape index (κ3) is 9.16. The van der Waals surface area contributed by atoms with Gasteiger partial charge in [-0.05, 0) is 25.0 Å². The minimum Gasteiger partial charge on any atom is -0.358 e. The van der Waals surface area contributed by atoms with Crippen LogP contribution in [0.3, 0.4) is 0 Å². The van der Waals surface area contributed by atoms with E-state index >= 15 is 0 Å². The Morgan fingerprint density at radius 2 is 1.00 bits per heavy atom. The fourth-order valence-electron chi connectivity index (χ4n) is 1.70. The van der Waals surface area contributed by atoms with E-state index in [0.29, 0.717) is 0 Å². The summed E-state index contributed by atoms with van der Waals surface area (Å²) in [6.45, 7) is 9.67. The van der Waals surface area contributed by atoms with Gasteiger partial charge in [-0.1, -0.05) is 24.3 Å². The van der Waals surface area contributed by atoms with E-state index in [1.54, 1.807) is 12.1 Å². The van der Waals surface area contributed by atoms with Gasteiger partial charge >= 0.3 is 21.7 Å². The number of allylic oxidation sites excluding steroid dienone is 2. The summed E-state index contributed by atoms with van der Waals surface area (Å²) in [7, 11) is 0. The second-order valence-corrected chi connectivity index (χ2v) is 5.29. The van der Waals surface area contributed by atoms with Crippen LogP contribution >= 0.6 is 0 Å². The largest absolute Gasteiger partial charge is 4.00 e. The minimum atomic E-state index is -0.979. The van der Waals surface area contributed by atoms with Gasteiger partial charge in [0.25, 0.3) is 0 Å². The number of rotatable bonds is 4. The number of hydrogen-bond donors (Lipinski definition) is 0. The van der Waals surface area contributed by atoms with Crippen LogP contribution in [0.4, 0.5) is 17.6 Å². The molecule has 0 unspecified atom stereocenters. The quantitative estimate of drug-likeness (QED) is 0.194. The Bertz CT molecular complexity index is 819. The molecule has 0 aliphatic carbocycles. The van der Waals surface area contributed by atoms with E-state index in [1.165, 1.54) is 13.8 Å². The van der Waals surface area contributed by atoms with Crippen molar-refractivity contribution in [1.82, 2.24) is 0 Å². The second kappa shape index (κ2) is 13.8. The first-order chi connectivity index (χ1) is 12.0. The summed E-state index contributed by atoms with van der Waals surface area (Å²) < 4.78 is 50.6. The van der Waals surface area contributed by atoms with Gasteiger partial charge in [0.05, 0.1) is 0 Å². The maximum Gasteiger partial charge on any atom is 4.00 e. The minimum absolute atomic E-state index is 0. The number of ketones is 2. The first-order valence-corrected chi connectivity index (χ1v) is 7.19. The number of carbonyl (C=O) groups excluding carboxylic acids is 2. The number of hydrogen-bond acceptors (Lipinski definition) is 2. The van der Waals surface area contributed by atoms with E-state index in [1.807, 2.05) is 0 Å². The Morgan fingerprint density at radius 1 is 0.724 bits per heavy atom. The summed E-state index contributed by atoms with van der Waals surface area (Å²) in [5, 5.41) is 0. The summed E-state index contributed by atoms with van der Waals surface area (Å²) in [6.07, 6.45) is 0. The Balaban J connectivity index is -0.000000422. The van der Waals surface area contributed by atoms with Crippen molar-refractivity contribution in [2.45, 2.75) is 13.8 Å². The van der Waals surface area contributed by atoms with Crippen molar-refractivity contribution in [3.63, 3.8) is 0 Å². The van der Waals surface area contributed by atoms with Gasteiger partial charge < -0.3 is 24.4 Å². The van der Waals surface area contributed by atoms with Crippen LogP contribution in [0, 0.1) is 50.3 Å². The molecule has 152 valence electrons. The zero-order valence-electron chi connectivity index (χ0n) is 16.6. The van der Waals surface area contributed by atoms with Gasteiger partial charge in [-0.15, -0.1) is 24.3 Å². The van der Waals surface area contributed by atoms with E-state index in [4.69, 9.17) is 0 Å². The maximum absolute atomic E-state index is 12.9. The summed E-state index contributed by atoms with van der Waals surface area (Å²) in [5.74, 6) is -4.67. The molecule has 0 aromatic heterocycles. The summed E-state index contributed by atoms with van der Waals surface area (Å²) in [6, 6.07) is 7.69. The predicted molar refractivity (Wildman–Crippen MR) is 102 cm³/mol. The monoisotopic (exact) mass is 440 g/mol. The topological polar surface area (TPSA) is 34.1 Å². The zero-order valence-corrected chi connectivity index (χ0v) is 18.1. The van der Waals surface area contributed by atoms with Crippen LogP contribution in [0.15, 0.2) is 48.6 Å². The SMILES string of the molecule is C=C(C)C(=O)c1ccc(F)[c-]c1F.C=C(C)C(=O)c1ccc(F)[c-]c1F.[CH3-].[CH3-].[Ti+4]. The van der Waals surface area contributed by atoms with Gasteiger partial charge in [0.1, 0.15) is 11.6 Å². The van der Waals surface area contributed by atoms with E-state index in [-0.39, 0.29) is 58.8 Å². The van der Waals surface area contributed by atoms with Crippen molar-refractivity contribution >= 4 is 11.6 Å². The van der Waals surface area contributed by atoms with E-state index < -0.39 is 34.8 Å². The third-order valence-electron chi connectivity index (χ3n) is 2.99. The molecular weight excluding hydrogens is 420 g/mol. The molecule has 2 aromatic carbocycles. The summed E-state index contributed by atoms with van der Waals surface area (Å²) in [5.41, 5.74) is 0.0145. The predicted octanol–water partition coefficient (Wildman–Crippen LogP) is 5.95. The zero-order chi connectivity index (χ0) is 20.0. The van der Waals surface area contributed by atoms with Crippen molar-refractivity contribution in [1.29, 1.82) is 0 Å². The Kier molecular flexibility index (Phi) is 14.9. The van der Waals surface area contributed by atoms with Crippen molar-refractivity contribution < 1.29 is 48.9 Å². The molecule has 0 saturated heterocycles. The van der Waals surface area contributed by atoms with Crippen LogP contribution in [0.1, 0.15) is 34.6 Å². The second-order valence-electron chi connectivity index (χ2n) is 5.29. The van der Waals surface area contributed by atoms with E-state index in [9.17, 15) is 27.2 Å². The number of halogens is 4. The number of benzene rings is 2. The molecule has 0 saturated carbocycles. The molecule has 0 spiro atoms. The molecule has 2 aromatic rings. The average Bonchev–Trinajstić information content (AvgIpc) is 2.54. The van der Waals surface area contributed by atoms with Crippen molar-refractivity contribution in [3.8, 4) is 0 Å². The molecule has 0 bridgehead atoms. The van der Waals surface area contributed by atoms with Crippen molar-refractivity contribution in [2.75, 3.05) is 0 Å². The van der Waals surface area contributed by atoms with E-state index in [2.05, 4.69) is 13.2 Å². The van der Waals surface area contributed by atoms with Crippen LogP contribution in [0.2, 0.25) is 0 Å². The first kappa shape index (κ1) is 31.4. The molecule has 0 heterocycles. The fraction of sp³-hybridized carbons (Fsp3) is 0.0909. The van der Waals surface area contributed by atoms with Gasteiger partial charge in [0.15, 0.2) is 0 Å². The average molecular weight is 440 g/mol. The Hall–Kier alpha value is -2.31. The fourth-order valence-corrected chi connectivity index (χ4v) is 1.70. The first-order valence-electron chi connectivity index (χ1n) is 7.19. The maximum atomic E-state index is 12.9. The number of carbonyl (C=O) groups is 2. The molecule has 0 aliphatic rings. The van der Waals surface area contributed by atoms with Gasteiger partial charge in [-0.3, -0.25) is 0 Å². The van der Waals surface area contributed by atoms with Gasteiger partial charge in [-0.25, -0.2) is 17.6 Å². The van der Waals surface area contributed by atoms with Crippen LogP contribution in [0.5, 0.6) is 0 Å². The molecule has 29 heavy (non-hydrogen) atoms. The third-order valence-corrected chi connectivity index (χ3v) is 2.99. The molecule has 0 N–H and O–H groups in total. The molecule has 0 atom stereocenters. The smallest absolute Gasteiger partial charge is 0.358 e. The van der Waals surface area contributed by atoms with Gasteiger partial charge in [0.2, 0.25) is 0 Å². The molecule has 0 fully saturated rings. The summed E-state index contributed by atoms with van der Waals surface area (Å²) in [4.78, 5) is 22.4.